The number of carbonyl (C=O) groups excluding carboxylic acids is 1. The SMILES string of the molecule is CCNC(=O)C(C)Sc1nnc(Nc2ccccc2OC)s1. The van der Waals surface area contributed by atoms with Crippen LogP contribution in [0.25, 0.3) is 0 Å². The Morgan fingerprint density at radius 3 is 2.91 bits per heavy atom. The van der Waals surface area contributed by atoms with Crippen LogP contribution in [0.4, 0.5) is 10.8 Å². The van der Waals surface area contributed by atoms with E-state index in [0.29, 0.717) is 11.7 Å². The van der Waals surface area contributed by atoms with Crippen molar-refractivity contribution in [3.05, 3.63) is 24.3 Å². The predicted octanol–water partition coefficient (Wildman–Crippen LogP) is 2.91. The Morgan fingerprint density at radius 2 is 2.18 bits per heavy atom. The molecule has 1 aromatic carbocycles. The Balaban J connectivity index is 2.01. The Bertz CT molecular complexity index is 633. The van der Waals surface area contributed by atoms with E-state index in [-0.39, 0.29) is 11.2 Å². The van der Waals surface area contributed by atoms with Crippen LogP contribution in [0.3, 0.4) is 0 Å². The first-order valence-corrected chi connectivity index (χ1v) is 8.51. The van der Waals surface area contributed by atoms with Gasteiger partial charge in [0.25, 0.3) is 0 Å². The molecule has 8 heteroatoms. The third kappa shape index (κ3) is 4.35. The van der Waals surface area contributed by atoms with Gasteiger partial charge in [-0.05, 0) is 26.0 Å². The van der Waals surface area contributed by atoms with Crippen molar-refractivity contribution in [2.24, 2.45) is 0 Å². The first-order valence-electron chi connectivity index (χ1n) is 6.82. The predicted molar refractivity (Wildman–Crippen MR) is 90.2 cm³/mol. The standard InChI is InChI=1S/C14H18N4O2S2/c1-4-15-12(19)9(2)21-14-18-17-13(22-14)16-10-7-5-6-8-11(10)20-3/h5-9H,4H2,1-3H3,(H,15,19)(H,16,17). The summed E-state index contributed by atoms with van der Waals surface area (Å²) >= 11 is 2.80. The molecule has 2 N–H and O–H groups in total. The van der Waals surface area contributed by atoms with Crippen LogP contribution in [0.15, 0.2) is 28.6 Å². The molecule has 22 heavy (non-hydrogen) atoms. The van der Waals surface area contributed by atoms with Crippen LogP contribution in [0.2, 0.25) is 0 Å². The molecule has 0 radical (unpaired) electrons. The number of benzene rings is 1. The summed E-state index contributed by atoms with van der Waals surface area (Å²) in [5.74, 6) is 0.740. The van der Waals surface area contributed by atoms with Crippen molar-refractivity contribution in [3.63, 3.8) is 0 Å². The van der Waals surface area contributed by atoms with Crippen molar-refractivity contribution in [2.45, 2.75) is 23.4 Å². The van der Waals surface area contributed by atoms with Gasteiger partial charge in [0.2, 0.25) is 11.0 Å². The lowest BCUT2D eigenvalue weighted by Gasteiger charge is -2.08. The zero-order chi connectivity index (χ0) is 15.9. The van der Waals surface area contributed by atoms with Crippen LogP contribution in [-0.4, -0.2) is 35.0 Å². The number of thioether (sulfide) groups is 1. The number of methoxy groups -OCH3 is 1. The van der Waals surface area contributed by atoms with Crippen molar-refractivity contribution in [2.75, 3.05) is 19.0 Å². The van der Waals surface area contributed by atoms with Crippen LogP contribution in [0.5, 0.6) is 5.75 Å². The minimum absolute atomic E-state index is 0.00179. The smallest absolute Gasteiger partial charge is 0.233 e. The number of amides is 1. The molecule has 0 aliphatic carbocycles. The summed E-state index contributed by atoms with van der Waals surface area (Å²) in [7, 11) is 1.62. The molecule has 1 aromatic heterocycles. The summed E-state index contributed by atoms with van der Waals surface area (Å²) in [5.41, 5.74) is 0.828. The lowest BCUT2D eigenvalue weighted by Crippen LogP contribution is -2.30. The van der Waals surface area contributed by atoms with Crippen LogP contribution in [0, 0.1) is 0 Å². The average molecular weight is 338 g/mol. The quantitative estimate of drug-likeness (QED) is 0.756. The van der Waals surface area contributed by atoms with Crippen molar-refractivity contribution in [3.8, 4) is 5.75 Å². The van der Waals surface area contributed by atoms with E-state index in [4.69, 9.17) is 4.74 Å². The van der Waals surface area contributed by atoms with Crippen molar-refractivity contribution >= 4 is 39.8 Å². The van der Waals surface area contributed by atoms with Gasteiger partial charge in [-0.1, -0.05) is 35.2 Å². The molecule has 0 saturated carbocycles. The monoisotopic (exact) mass is 338 g/mol. The summed E-state index contributed by atoms with van der Waals surface area (Å²) in [6.45, 7) is 4.38. The maximum Gasteiger partial charge on any atom is 0.233 e. The van der Waals surface area contributed by atoms with Crippen LogP contribution in [0.1, 0.15) is 13.8 Å². The van der Waals surface area contributed by atoms with E-state index in [0.717, 1.165) is 15.8 Å². The number of carbonyl (C=O) groups is 1. The topological polar surface area (TPSA) is 76.1 Å². The highest BCUT2D eigenvalue weighted by Crippen LogP contribution is 2.32. The summed E-state index contributed by atoms with van der Waals surface area (Å²) in [6, 6.07) is 7.60. The van der Waals surface area contributed by atoms with E-state index in [1.165, 1.54) is 23.1 Å². The van der Waals surface area contributed by atoms with Gasteiger partial charge in [-0.3, -0.25) is 4.79 Å². The molecule has 0 bridgehead atoms. The number of hydrogen-bond donors (Lipinski definition) is 2. The Labute approximate surface area is 137 Å². The number of nitrogens with one attached hydrogen (secondary N) is 2. The first-order chi connectivity index (χ1) is 10.6. The van der Waals surface area contributed by atoms with Gasteiger partial charge >= 0.3 is 0 Å². The van der Waals surface area contributed by atoms with Crippen LogP contribution in [-0.2, 0) is 4.79 Å². The molecule has 1 heterocycles. The summed E-state index contributed by atoms with van der Waals surface area (Å²) < 4.78 is 6.03. The molecular weight excluding hydrogens is 320 g/mol. The van der Waals surface area contributed by atoms with E-state index in [2.05, 4.69) is 20.8 Å². The second kappa shape index (κ2) is 8.00. The molecule has 0 fully saturated rings. The fourth-order valence-electron chi connectivity index (χ4n) is 1.69. The number of hydrogen-bond acceptors (Lipinski definition) is 7. The summed E-state index contributed by atoms with van der Waals surface area (Å²) in [6.07, 6.45) is 0. The van der Waals surface area contributed by atoms with Gasteiger partial charge in [0.1, 0.15) is 5.75 Å². The highest BCUT2D eigenvalue weighted by Gasteiger charge is 2.16. The fraction of sp³-hybridized carbons (Fsp3) is 0.357. The molecule has 0 spiro atoms. The molecule has 2 aromatic rings. The average Bonchev–Trinajstić information content (AvgIpc) is 2.95. The van der Waals surface area contributed by atoms with Gasteiger partial charge in [-0.2, -0.15) is 0 Å². The maximum absolute atomic E-state index is 11.7. The highest BCUT2D eigenvalue weighted by molar-refractivity contribution is 8.02. The molecule has 1 amide bonds. The summed E-state index contributed by atoms with van der Waals surface area (Å²) in [5, 5.41) is 14.6. The molecule has 1 unspecified atom stereocenters. The third-order valence-corrected chi connectivity index (χ3v) is 4.78. The molecule has 0 aliphatic rings. The molecule has 1 atom stereocenters. The van der Waals surface area contributed by atoms with E-state index in [1.54, 1.807) is 7.11 Å². The normalized spacial score (nSPS) is 11.8. The lowest BCUT2D eigenvalue weighted by atomic mass is 10.3. The first kappa shape index (κ1) is 16.6. The van der Waals surface area contributed by atoms with Crippen LogP contribution >= 0.6 is 23.1 Å². The summed E-state index contributed by atoms with van der Waals surface area (Å²) in [4.78, 5) is 11.7. The van der Waals surface area contributed by atoms with E-state index in [9.17, 15) is 4.79 Å². The molecule has 0 saturated heterocycles. The number of rotatable bonds is 7. The second-order valence-electron chi connectivity index (χ2n) is 4.35. The van der Waals surface area contributed by atoms with E-state index < -0.39 is 0 Å². The highest BCUT2D eigenvalue weighted by atomic mass is 32.2. The Morgan fingerprint density at radius 1 is 1.41 bits per heavy atom. The molecule has 2 rings (SSSR count). The van der Waals surface area contributed by atoms with Gasteiger partial charge < -0.3 is 15.4 Å². The second-order valence-corrected chi connectivity index (χ2v) is 6.92. The minimum Gasteiger partial charge on any atom is -0.495 e. The van der Waals surface area contributed by atoms with E-state index >= 15 is 0 Å². The molecule has 6 nitrogen and oxygen atoms in total. The van der Waals surface area contributed by atoms with Gasteiger partial charge in [0.05, 0.1) is 18.0 Å². The number of nitrogens with zero attached hydrogens (tertiary/aromatic N) is 2. The van der Waals surface area contributed by atoms with Gasteiger partial charge in [0.15, 0.2) is 4.34 Å². The Kier molecular flexibility index (Phi) is 6.02. The van der Waals surface area contributed by atoms with Crippen molar-refractivity contribution < 1.29 is 9.53 Å². The van der Waals surface area contributed by atoms with E-state index in [1.807, 2.05) is 38.1 Å². The van der Waals surface area contributed by atoms with Gasteiger partial charge in [0, 0.05) is 6.54 Å². The van der Waals surface area contributed by atoms with Gasteiger partial charge in [-0.15, -0.1) is 10.2 Å². The number of anilines is 2. The number of para-hydroxylation sites is 2. The van der Waals surface area contributed by atoms with Crippen molar-refractivity contribution in [1.29, 1.82) is 0 Å². The Hall–Kier alpha value is -1.80. The number of aromatic nitrogens is 2. The zero-order valence-corrected chi connectivity index (χ0v) is 14.3. The maximum atomic E-state index is 11.7. The van der Waals surface area contributed by atoms with Crippen molar-refractivity contribution in [1.82, 2.24) is 15.5 Å². The number of ether oxygens (including phenoxy) is 1. The lowest BCUT2D eigenvalue weighted by molar-refractivity contribution is -0.120. The molecular formula is C14H18N4O2S2. The zero-order valence-electron chi connectivity index (χ0n) is 12.6. The molecule has 118 valence electrons. The largest absolute Gasteiger partial charge is 0.495 e. The third-order valence-electron chi connectivity index (χ3n) is 2.75. The fourth-order valence-corrected chi connectivity index (χ4v) is 3.63. The van der Waals surface area contributed by atoms with Crippen LogP contribution < -0.4 is 15.4 Å². The molecule has 0 aliphatic heterocycles. The minimum atomic E-state index is -0.202. The van der Waals surface area contributed by atoms with Gasteiger partial charge in [-0.25, -0.2) is 0 Å².